The number of aryl methyl sites for hydroxylation is 4. The van der Waals surface area contributed by atoms with Crippen molar-refractivity contribution < 1.29 is 9.59 Å². The normalized spacial score (nSPS) is 16.9. The van der Waals surface area contributed by atoms with Gasteiger partial charge in [0.2, 0.25) is 0 Å². The van der Waals surface area contributed by atoms with Gasteiger partial charge in [-0.2, -0.15) is 0 Å². The third-order valence-corrected chi connectivity index (χ3v) is 7.00. The number of rotatable bonds is 5. The van der Waals surface area contributed by atoms with Crippen LogP contribution in [0.5, 0.6) is 0 Å². The van der Waals surface area contributed by atoms with Gasteiger partial charge in [-0.15, -0.1) is 0 Å². The molecule has 1 saturated heterocycles. The number of nitrogens with one attached hydrogen (secondary N) is 2. The third kappa shape index (κ3) is 5.22. The lowest BCUT2D eigenvalue weighted by Gasteiger charge is -2.31. The Balaban J connectivity index is 1.46. The van der Waals surface area contributed by atoms with E-state index in [9.17, 15) is 9.59 Å². The van der Waals surface area contributed by atoms with E-state index in [-0.39, 0.29) is 6.04 Å². The van der Waals surface area contributed by atoms with E-state index >= 15 is 0 Å². The van der Waals surface area contributed by atoms with E-state index in [1.54, 1.807) is 0 Å². The molecule has 0 bridgehead atoms. The molecule has 6 heteroatoms. The van der Waals surface area contributed by atoms with Crippen LogP contribution in [0.25, 0.3) is 0 Å². The van der Waals surface area contributed by atoms with E-state index in [0.717, 1.165) is 54.9 Å². The largest absolute Gasteiger partial charge is 0.374 e. The van der Waals surface area contributed by atoms with Crippen molar-refractivity contribution in [1.29, 1.82) is 0 Å². The van der Waals surface area contributed by atoms with Crippen LogP contribution in [-0.4, -0.2) is 49.9 Å². The fourth-order valence-electron chi connectivity index (χ4n) is 5.34. The number of carbonyl (C=O) groups excluding carboxylic acids is 2. The summed E-state index contributed by atoms with van der Waals surface area (Å²) in [7, 11) is 2.14. The molecule has 33 heavy (non-hydrogen) atoms. The molecule has 0 saturated carbocycles. The lowest BCUT2D eigenvalue weighted by Crippen LogP contribution is -2.41. The minimum atomic E-state index is -0.614. The van der Waals surface area contributed by atoms with Gasteiger partial charge < -0.3 is 15.5 Å². The Hall–Kier alpha value is -2.86. The number of nitrogens with zero attached hydrogens (tertiary/aromatic N) is 2. The molecule has 6 nitrogen and oxygen atoms in total. The fraction of sp³-hybridized carbons (Fsp3) is 0.481. The Kier molecular flexibility index (Phi) is 7.03. The second-order valence-corrected chi connectivity index (χ2v) is 9.61. The lowest BCUT2D eigenvalue weighted by atomic mass is 9.96. The first-order valence-electron chi connectivity index (χ1n) is 12.1. The van der Waals surface area contributed by atoms with E-state index < -0.39 is 11.8 Å². The highest BCUT2D eigenvalue weighted by atomic mass is 16.2. The number of fused-ring (bicyclic) bond motifs is 1. The number of hydrogen-bond acceptors (Lipinski definition) is 4. The summed E-state index contributed by atoms with van der Waals surface area (Å²) in [6, 6.07) is 10.8. The van der Waals surface area contributed by atoms with Crippen LogP contribution in [0, 0.1) is 20.8 Å². The maximum Gasteiger partial charge on any atom is 0.313 e. The highest BCUT2D eigenvalue weighted by Gasteiger charge is 2.26. The van der Waals surface area contributed by atoms with Crippen molar-refractivity contribution in [2.45, 2.75) is 52.5 Å². The number of anilines is 2. The van der Waals surface area contributed by atoms with E-state index in [0.29, 0.717) is 6.54 Å². The van der Waals surface area contributed by atoms with E-state index in [4.69, 9.17) is 0 Å². The molecule has 0 unspecified atom stereocenters. The monoisotopic (exact) mass is 448 g/mol. The molecule has 2 amide bonds. The number of hydrogen-bond donors (Lipinski definition) is 2. The van der Waals surface area contributed by atoms with Crippen molar-refractivity contribution in [3.63, 3.8) is 0 Å². The van der Waals surface area contributed by atoms with Crippen LogP contribution in [0.2, 0.25) is 0 Å². The molecular formula is C27H36N4O2. The van der Waals surface area contributed by atoms with Crippen LogP contribution >= 0.6 is 0 Å². The Labute approximate surface area is 197 Å². The van der Waals surface area contributed by atoms with Crippen molar-refractivity contribution in [3.8, 4) is 0 Å². The van der Waals surface area contributed by atoms with E-state index in [1.807, 2.05) is 32.9 Å². The molecule has 2 aliphatic heterocycles. The third-order valence-electron chi connectivity index (χ3n) is 7.00. The summed E-state index contributed by atoms with van der Waals surface area (Å²) in [5, 5.41) is 5.73. The van der Waals surface area contributed by atoms with Crippen LogP contribution in [0.3, 0.4) is 0 Å². The number of likely N-dealkylation sites (tertiary alicyclic amines) is 1. The molecule has 4 rings (SSSR count). The van der Waals surface area contributed by atoms with Crippen LogP contribution in [-0.2, 0) is 16.0 Å². The smallest absolute Gasteiger partial charge is 0.313 e. The highest BCUT2D eigenvalue weighted by Crippen LogP contribution is 2.32. The molecule has 0 aliphatic carbocycles. The minimum Gasteiger partial charge on any atom is -0.374 e. The van der Waals surface area contributed by atoms with Crippen molar-refractivity contribution in [3.05, 3.63) is 58.1 Å². The zero-order valence-corrected chi connectivity index (χ0v) is 20.3. The molecule has 2 heterocycles. The standard InChI is InChI=1S/C27H36N4O2/c1-18-14-19(2)25(20(3)15-18)29-27(33)26(32)28-17-24(31-12-5-6-13-31)22-9-10-23-21(16-22)8-7-11-30(23)4/h9-10,14-16,24H,5-8,11-13,17H2,1-4H3,(H,28,32)(H,29,33)/t24-/m1/s1. The van der Waals surface area contributed by atoms with Crippen molar-refractivity contribution in [2.75, 3.05) is 43.4 Å². The van der Waals surface area contributed by atoms with Gasteiger partial charge in [-0.25, -0.2) is 0 Å². The van der Waals surface area contributed by atoms with Gasteiger partial charge in [0.15, 0.2) is 0 Å². The molecule has 0 spiro atoms. The molecule has 1 fully saturated rings. The van der Waals surface area contributed by atoms with Crippen molar-refractivity contribution in [2.24, 2.45) is 0 Å². The maximum absolute atomic E-state index is 12.7. The first-order valence-corrected chi connectivity index (χ1v) is 12.1. The molecule has 176 valence electrons. The van der Waals surface area contributed by atoms with E-state index in [2.05, 4.69) is 45.7 Å². The molecule has 2 aromatic rings. The Bertz CT molecular complexity index is 1020. The highest BCUT2D eigenvalue weighted by molar-refractivity contribution is 6.39. The zero-order chi connectivity index (χ0) is 23.5. The molecule has 2 N–H and O–H groups in total. The first-order chi connectivity index (χ1) is 15.8. The SMILES string of the molecule is Cc1cc(C)c(NC(=O)C(=O)NC[C@H](c2ccc3c(c2)CCCN3C)N2CCCC2)c(C)c1. The average molecular weight is 449 g/mol. The molecule has 1 atom stereocenters. The predicted molar refractivity (Wildman–Crippen MR) is 134 cm³/mol. The summed E-state index contributed by atoms with van der Waals surface area (Å²) in [5.41, 5.74) is 7.67. The lowest BCUT2D eigenvalue weighted by molar-refractivity contribution is -0.136. The number of benzene rings is 2. The van der Waals surface area contributed by atoms with Gasteiger partial charge in [0.1, 0.15) is 0 Å². The first kappa shape index (κ1) is 23.3. The summed E-state index contributed by atoms with van der Waals surface area (Å²) in [6.45, 7) is 9.47. The summed E-state index contributed by atoms with van der Waals surface area (Å²) in [4.78, 5) is 30.1. The second kappa shape index (κ2) is 9.96. The number of amides is 2. The van der Waals surface area contributed by atoms with Crippen LogP contribution in [0.4, 0.5) is 11.4 Å². The van der Waals surface area contributed by atoms with Gasteiger partial charge in [0, 0.05) is 31.5 Å². The van der Waals surface area contributed by atoms with Gasteiger partial charge in [-0.05, 0) is 87.9 Å². The summed E-state index contributed by atoms with van der Waals surface area (Å²) in [6.07, 6.45) is 4.59. The molecule has 0 radical (unpaired) electrons. The van der Waals surface area contributed by atoms with Gasteiger partial charge in [-0.3, -0.25) is 14.5 Å². The Morgan fingerprint density at radius 3 is 2.33 bits per heavy atom. The van der Waals surface area contributed by atoms with Crippen LogP contribution in [0.1, 0.15) is 53.1 Å². The zero-order valence-electron chi connectivity index (χ0n) is 20.3. The van der Waals surface area contributed by atoms with Crippen LogP contribution < -0.4 is 15.5 Å². The van der Waals surface area contributed by atoms with Gasteiger partial charge in [-0.1, -0.05) is 29.8 Å². The second-order valence-electron chi connectivity index (χ2n) is 9.61. The van der Waals surface area contributed by atoms with Crippen molar-refractivity contribution >= 4 is 23.2 Å². The fourth-order valence-corrected chi connectivity index (χ4v) is 5.34. The van der Waals surface area contributed by atoms with Crippen LogP contribution in [0.15, 0.2) is 30.3 Å². The van der Waals surface area contributed by atoms with Gasteiger partial charge in [0.25, 0.3) is 0 Å². The predicted octanol–water partition coefficient (Wildman–Crippen LogP) is 3.89. The summed E-state index contributed by atoms with van der Waals surface area (Å²) in [5.74, 6) is -1.20. The van der Waals surface area contributed by atoms with Gasteiger partial charge >= 0.3 is 11.8 Å². The minimum absolute atomic E-state index is 0.0737. The summed E-state index contributed by atoms with van der Waals surface area (Å²) >= 11 is 0. The topological polar surface area (TPSA) is 64.7 Å². The number of carbonyl (C=O) groups is 2. The maximum atomic E-state index is 12.7. The van der Waals surface area contributed by atoms with Gasteiger partial charge in [0.05, 0.1) is 6.04 Å². The molecule has 2 aliphatic rings. The average Bonchev–Trinajstić information content (AvgIpc) is 3.30. The van der Waals surface area contributed by atoms with Crippen molar-refractivity contribution in [1.82, 2.24) is 10.2 Å². The summed E-state index contributed by atoms with van der Waals surface area (Å²) < 4.78 is 0. The molecule has 2 aromatic carbocycles. The quantitative estimate of drug-likeness (QED) is 0.682. The Morgan fingerprint density at radius 2 is 1.64 bits per heavy atom. The molecule has 0 aromatic heterocycles. The Morgan fingerprint density at radius 1 is 0.939 bits per heavy atom. The van der Waals surface area contributed by atoms with E-state index in [1.165, 1.54) is 29.7 Å². The molecular weight excluding hydrogens is 412 g/mol.